The van der Waals surface area contributed by atoms with Crippen LogP contribution < -0.4 is 0 Å². The quantitative estimate of drug-likeness (QED) is 0.707. The van der Waals surface area contributed by atoms with Crippen LogP contribution in [0.25, 0.3) is 0 Å². The fourth-order valence-corrected chi connectivity index (χ4v) is 2.00. The Bertz CT molecular complexity index is 158. The maximum absolute atomic E-state index is 5.88. The molecule has 14 heavy (non-hydrogen) atoms. The van der Waals surface area contributed by atoms with E-state index in [0.29, 0.717) is 17.4 Å². The molecule has 1 atom stereocenters. The molecule has 1 rings (SSSR count). The zero-order valence-corrected chi connectivity index (χ0v) is 10.6. The molecule has 84 valence electrons. The van der Waals surface area contributed by atoms with Crippen LogP contribution in [-0.4, -0.2) is 18.5 Å². The van der Waals surface area contributed by atoms with Crippen molar-refractivity contribution in [2.75, 3.05) is 12.4 Å². The number of thiol groups is 1. The van der Waals surface area contributed by atoms with Crippen molar-refractivity contribution >= 4 is 12.6 Å². The first-order valence-electron chi connectivity index (χ1n) is 5.76. The van der Waals surface area contributed by atoms with Crippen molar-refractivity contribution in [3.8, 4) is 0 Å². The molecule has 0 aromatic carbocycles. The number of hydrogen-bond acceptors (Lipinski definition) is 2. The van der Waals surface area contributed by atoms with E-state index in [9.17, 15) is 0 Å². The maximum atomic E-state index is 5.88. The van der Waals surface area contributed by atoms with Gasteiger partial charge in [-0.05, 0) is 42.8 Å². The molecule has 0 aromatic rings. The van der Waals surface area contributed by atoms with E-state index in [1.807, 2.05) is 0 Å². The molecule has 0 aromatic heterocycles. The van der Waals surface area contributed by atoms with Gasteiger partial charge in [-0.1, -0.05) is 20.8 Å². The predicted octanol–water partition coefficient (Wildman–Crippen LogP) is 3.54. The minimum Gasteiger partial charge on any atom is -0.378 e. The van der Waals surface area contributed by atoms with Crippen LogP contribution in [0.5, 0.6) is 0 Å². The maximum Gasteiger partial charge on any atom is 0.0575 e. The molecular formula is C12H24OS. The Kier molecular flexibility index (Phi) is 4.78. The Balaban J connectivity index is 2.16. The molecule has 1 unspecified atom stereocenters. The summed E-state index contributed by atoms with van der Waals surface area (Å²) in [5.74, 6) is 1.52. The van der Waals surface area contributed by atoms with Gasteiger partial charge in [0.1, 0.15) is 0 Å². The first kappa shape index (κ1) is 12.4. The molecule has 1 nitrogen and oxygen atoms in total. The van der Waals surface area contributed by atoms with Crippen molar-refractivity contribution in [3.63, 3.8) is 0 Å². The third kappa shape index (κ3) is 4.22. The van der Waals surface area contributed by atoms with Gasteiger partial charge in [-0.15, -0.1) is 0 Å². The Morgan fingerprint density at radius 2 is 1.93 bits per heavy atom. The lowest BCUT2D eigenvalue weighted by atomic mass is 9.76. The summed E-state index contributed by atoms with van der Waals surface area (Å²) in [5, 5.41) is 0. The first-order valence-corrected chi connectivity index (χ1v) is 6.39. The van der Waals surface area contributed by atoms with Crippen molar-refractivity contribution in [2.24, 2.45) is 11.3 Å². The van der Waals surface area contributed by atoms with Gasteiger partial charge in [-0.3, -0.25) is 0 Å². The molecule has 0 saturated heterocycles. The molecule has 0 heterocycles. The van der Waals surface area contributed by atoms with E-state index >= 15 is 0 Å². The van der Waals surface area contributed by atoms with Crippen LogP contribution in [0.3, 0.4) is 0 Å². The molecule has 0 N–H and O–H groups in total. The fourth-order valence-electron chi connectivity index (χ4n) is 1.89. The van der Waals surface area contributed by atoms with Crippen LogP contribution in [0.1, 0.15) is 46.5 Å². The Hall–Kier alpha value is 0.310. The van der Waals surface area contributed by atoms with Crippen molar-refractivity contribution in [1.82, 2.24) is 0 Å². The number of ether oxygens (including phenoxy) is 1. The lowest BCUT2D eigenvalue weighted by Crippen LogP contribution is -2.27. The second-order valence-corrected chi connectivity index (χ2v) is 5.85. The Labute approximate surface area is 94.0 Å². The lowest BCUT2D eigenvalue weighted by molar-refractivity contribution is -0.00682. The second kappa shape index (κ2) is 5.41. The first-order chi connectivity index (χ1) is 6.53. The highest BCUT2D eigenvalue weighted by molar-refractivity contribution is 7.80. The summed E-state index contributed by atoms with van der Waals surface area (Å²) in [6.45, 7) is 7.80. The Morgan fingerprint density at radius 1 is 1.36 bits per heavy atom. The van der Waals surface area contributed by atoms with E-state index in [0.717, 1.165) is 12.4 Å². The molecule has 0 spiro atoms. The summed E-state index contributed by atoms with van der Waals surface area (Å²) >= 11 is 4.26. The lowest BCUT2D eigenvalue weighted by Gasteiger charge is -2.34. The van der Waals surface area contributed by atoms with Gasteiger partial charge in [0, 0.05) is 0 Å². The van der Waals surface area contributed by atoms with Gasteiger partial charge in [0.25, 0.3) is 0 Å². The van der Waals surface area contributed by atoms with Crippen molar-refractivity contribution in [2.45, 2.75) is 52.6 Å². The molecule has 0 aliphatic heterocycles. The van der Waals surface area contributed by atoms with E-state index < -0.39 is 0 Å². The van der Waals surface area contributed by atoms with Gasteiger partial charge >= 0.3 is 0 Å². The van der Waals surface area contributed by atoms with Crippen molar-refractivity contribution in [3.05, 3.63) is 0 Å². The largest absolute Gasteiger partial charge is 0.378 e. The molecule has 2 heteroatoms. The number of rotatable bonds is 4. The average Bonchev–Trinajstić information content (AvgIpc) is 2.16. The van der Waals surface area contributed by atoms with Crippen LogP contribution in [-0.2, 0) is 4.74 Å². The van der Waals surface area contributed by atoms with Gasteiger partial charge in [0.05, 0.1) is 12.7 Å². The minimum atomic E-state index is 0.519. The third-order valence-corrected chi connectivity index (χ3v) is 3.84. The summed E-state index contributed by atoms with van der Waals surface area (Å²) in [4.78, 5) is 0. The summed E-state index contributed by atoms with van der Waals surface area (Å²) < 4.78 is 5.88. The van der Waals surface area contributed by atoms with Gasteiger partial charge in [0.2, 0.25) is 0 Å². The van der Waals surface area contributed by atoms with Crippen molar-refractivity contribution < 1.29 is 4.74 Å². The summed E-state index contributed by atoms with van der Waals surface area (Å²) in [5.41, 5.74) is 0.551. The van der Waals surface area contributed by atoms with Crippen LogP contribution in [0.4, 0.5) is 0 Å². The highest BCUT2D eigenvalue weighted by atomic mass is 32.1. The normalized spacial score (nSPS) is 24.9. The highest BCUT2D eigenvalue weighted by Crippen LogP contribution is 2.36. The van der Waals surface area contributed by atoms with E-state index in [1.165, 1.54) is 25.7 Å². The van der Waals surface area contributed by atoms with E-state index in [1.54, 1.807) is 0 Å². The summed E-state index contributed by atoms with van der Waals surface area (Å²) in [6.07, 6.45) is 5.63. The standard InChI is InChI=1S/C12H24OS/c1-10(9-14)8-13-11-4-6-12(2,3)7-5-11/h10-11,14H,4-9H2,1-3H3. The monoisotopic (exact) mass is 216 g/mol. The molecule has 1 saturated carbocycles. The molecule has 0 bridgehead atoms. The summed E-state index contributed by atoms with van der Waals surface area (Å²) in [7, 11) is 0. The third-order valence-electron chi connectivity index (χ3n) is 3.21. The topological polar surface area (TPSA) is 9.23 Å². The highest BCUT2D eigenvalue weighted by Gasteiger charge is 2.27. The molecule has 0 radical (unpaired) electrons. The van der Waals surface area contributed by atoms with Crippen molar-refractivity contribution in [1.29, 1.82) is 0 Å². The molecule has 1 fully saturated rings. The smallest absolute Gasteiger partial charge is 0.0575 e. The predicted molar refractivity (Wildman–Crippen MR) is 65.0 cm³/mol. The second-order valence-electron chi connectivity index (χ2n) is 5.48. The minimum absolute atomic E-state index is 0.519. The van der Waals surface area contributed by atoms with Gasteiger partial charge in [0.15, 0.2) is 0 Å². The fraction of sp³-hybridized carbons (Fsp3) is 1.00. The zero-order valence-electron chi connectivity index (χ0n) is 9.75. The molecule has 1 aliphatic carbocycles. The van der Waals surface area contributed by atoms with E-state index in [-0.39, 0.29) is 0 Å². The van der Waals surface area contributed by atoms with Crippen LogP contribution in [0.2, 0.25) is 0 Å². The average molecular weight is 216 g/mol. The van der Waals surface area contributed by atoms with Gasteiger partial charge in [-0.25, -0.2) is 0 Å². The zero-order chi connectivity index (χ0) is 10.6. The van der Waals surface area contributed by atoms with Gasteiger partial charge < -0.3 is 4.74 Å². The van der Waals surface area contributed by atoms with Gasteiger partial charge in [-0.2, -0.15) is 12.6 Å². The molecule has 1 aliphatic rings. The molecule has 0 amide bonds. The van der Waals surface area contributed by atoms with E-state index in [2.05, 4.69) is 33.4 Å². The van der Waals surface area contributed by atoms with Crippen LogP contribution in [0, 0.1) is 11.3 Å². The van der Waals surface area contributed by atoms with Crippen LogP contribution in [0.15, 0.2) is 0 Å². The van der Waals surface area contributed by atoms with Crippen LogP contribution >= 0.6 is 12.6 Å². The van der Waals surface area contributed by atoms with E-state index in [4.69, 9.17) is 4.74 Å². The SMILES string of the molecule is CC(CS)COC1CCC(C)(C)CC1. The summed E-state index contributed by atoms with van der Waals surface area (Å²) in [6, 6.07) is 0. The molecular weight excluding hydrogens is 192 g/mol. The Morgan fingerprint density at radius 3 is 2.43 bits per heavy atom. The number of hydrogen-bond donors (Lipinski definition) is 1.